The summed E-state index contributed by atoms with van der Waals surface area (Å²) in [5, 5.41) is 11.8. The van der Waals surface area contributed by atoms with Gasteiger partial charge in [0.1, 0.15) is 5.82 Å². The fraction of sp³-hybridized carbons (Fsp3) is 0.286. The van der Waals surface area contributed by atoms with Gasteiger partial charge < -0.3 is 9.64 Å². The summed E-state index contributed by atoms with van der Waals surface area (Å²) in [4.78, 5) is 28.8. The zero-order valence-electron chi connectivity index (χ0n) is 16.9. The van der Waals surface area contributed by atoms with Gasteiger partial charge in [0.25, 0.3) is 5.91 Å². The predicted octanol–water partition coefficient (Wildman–Crippen LogP) is 1.55. The van der Waals surface area contributed by atoms with E-state index in [0.717, 1.165) is 0 Å². The van der Waals surface area contributed by atoms with E-state index in [1.54, 1.807) is 46.0 Å². The van der Waals surface area contributed by atoms with Crippen LogP contribution in [0.4, 0.5) is 4.39 Å². The van der Waals surface area contributed by atoms with Crippen molar-refractivity contribution in [2.24, 2.45) is 0 Å². The van der Waals surface area contributed by atoms with Crippen molar-refractivity contribution in [1.82, 2.24) is 30.0 Å². The summed E-state index contributed by atoms with van der Waals surface area (Å²) >= 11 is 0. The highest BCUT2D eigenvalue weighted by molar-refractivity contribution is 6.05. The molecule has 160 valence electrons. The number of ether oxygens (including phenoxy) is 1. The molecule has 1 amide bonds. The number of aromatic nitrogens is 4. The Hall–Kier alpha value is -3.66. The van der Waals surface area contributed by atoms with Crippen LogP contribution < -0.4 is 0 Å². The van der Waals surface area contributed by atoms with Crippen molar-refractivity contribution in [3.05, 3.63) is 71.3 Å². The number of carbonyl (C=O) groups excluding carboxylic acids is 2. The number of hydrogen-bond acceptors (Lipinski definition) is 7. The Morgan fingerprint density at radius 1 is 1.00 bits per heavy atom. The molecule has 1 aliphatic heterocycles. The summed E-state index contributed by atoms with van der Waals surface area (Å²) in [6.07, 6.45) is 0. The average Bonchev–Trinajstić information content (AvgIpc) is 3.27. The molecule has 0 N–H and O–H groups in total. The minimum Gasteiger partial charge on any atom is -0.465 e. The van der Waals surface area contributed by atoms with E-state index in [4.69, 9.17) is 4.74 Å². The Labute approximate surface area is 178 Å². The van der Waals surface area contributed by atoms with Crippen LogP contribution in [-0.4, -0.2) is 75.2 Å². The van der Waals surface area contributed by atoms with Crippen LogP contribution >= 0.6 is 0 Å². The highest BCUT2D eigenvalue weighted by atomic mass is 19.1. The van der Waals surface area contributed by atoms with Gasteiger partial charge in [0.15, 0.2) is 5.82 Å². The zero-order chi connectivity index (χ0) is 21.8. The molecule has 0 radical (unpaired) electrons. The van der Waals surface area contributed by atoms with E-state index < -0.39 is 5.97 Å². The van der Waals surface area contributed by atoms with Crippen molar-refractivity contribution in [3.8, 4) is 5.69 Å². The summed E-state index contributed by atoms with van der Waals surface area (Å²) < 4.78 is 19.5. The molecular weight excluding hydrogens is 403 g/mol. The van der Waals surface area contributed by atoms with Crippen molar-refractivity contribution in [1.29, 1.82) is 0 Å². The monoisotopic (exact) mass is 424 g/mol. The molecule has 0 bridgehead atoms. The van der Waals surface area contributed by atoms with Crippen molar-refractivity contribution in [2.45, 2.75) is 6.54 Å². The number of benzene rings is 2. The summed E-state index contributed by atoms with van der Waals surface area (Å²) in [6, 6.07) is 12.6. The van der Waals surface area contributed by atoms with Gasteiger partial charge >= 0.3 is 5.97 Å². The molecule has 1 saturated heterocycles. The second kappa shape index (κ2) is 9.00. The first-order valence-electron chi connectivity index (χ1n) is 9.79. The Kier molecular flexibility index (Phi) is 5.99. The summed E-state index contributed by atoms with van der Waals surface area (Å²) in [5.41, 5.74) is 1.27. The number of esters is 1. The molecular formula is C21H21FN6O3. The number of hydrogen-bond donors (Lipinski definition) is 0. The van der Waals surface area contributed by atoms with Crippen molar-refractivity contribution in [2.75, 3.05) is 33.3 Å². The maximum Gasteiger partial charge on any atom is 0.338 e. The third kappa shape index (κ3) is 4.43. The van der Waals surface area contributed by atoms with E-state index in [9.17, 15) is 14.0 Å². The molecule has 0 unspecified atom stereocenters. The van der Waals surface area contributed by atoms with Crippen molar-refractivity contribution < 1.29 is 18.7 Å². The minimum atomic E-state index is -0.532. The first kappa shape index (κ1) is 20.6. The second-order valence-electron chi connectivity index (χ2n) is 7.09. The highest BCUT2D eigenvalue weighted by Crippen LogP contribution is 2.16. The SMILES string of the molecule is COC(=O)c1ccccc1C(=O)N1CCN(Cc2nnnn2-c2ccc(F)cc2)CC1. The van der Waals surface area contributed by atoms with Crippen LogP contribution in [0.25, 0.3) is 5.69 Å². The molecule has 0 aliphatic carbocycles. The van der Waals surface area contributed by atoms with Gasteiger partial charge in [-0.1, -0.05) is 12.1 Å². The van der Waals surface area contributed by atoms with Gasteiger partial charge in [-0.3, -0.25) is 9.69 Å². The molecule has 31 heavy (non-hydrogen) atoms. The maximum atomic E-state index is 13.2. The van der Waals surface area contributed by atoms with Crippen LogP contribution in [0.3, 0.4) is 0 Å². The maximum absolute atomic E-state index is 13.2. The lowest BCUT2D eigenvalue weighted by Gasteiger charge is -2.34. The fourth-order valence-electron chi connectivity index (χ4n) is 3.52. The normalized spacial score (nSPS) is 14.5. The molecule has 1 aliphatic rings. The van der Waals surface area contributed by atoms with Gasteiger partial charge in [0.2, 0.25) is 0 Å². The van der Waals surface area contributed by atoms with Crippen LogP contribution in [0.2, 0.25) is 0 Å². The first-order valence-corrected chi connectivity index (χ1v) is 9.79. The van der Waals surface area contributed by atoms with Crippen molar-refractivity contribution in [3.63, 3.8) is 0 Å². The van der Waals surface area contributed by atoms with E-state index >= 15 is 0 Å². The third-order valence-corrected chi connectivity index (χ3v) is 5.19. The predicted molar refractivity (Wildman–Crippen MR) is 108 cm³/mol. The van der Waals surface area contributed by atoms with Gasteiger partial charge in [-0.25, -0.2) is 9.18 Å². The molecule has 3 aromatic rings. The molecule has 9 nitrogen and oxygen atoms in total. The van der Waals surface area contributed by atoms with Gasteiger partial charge in [-0.2, -0.15) is 4.68 Å². The Bertz CT molecular complexity index is 1080. The van der Waals surface area contributed by atoms with E-state index in [-0.39, 0.29) is 17.3 Å². The number of halogens is 1. The summed E-state index contributed by atoms with van der Waals surface area (Å²) in [6.45, 7) is 2.76. The molecule has 2 aromatic carbocycles. The van der Waals surface area contributed by atoms with Crippen LogP contribution in [0, 0.1) is 5.82 Å². The van der Waals surface area contributed by atoms with E-state index in [1.807, 2.05) is 0 Å². The number of tetrazole rings is 1. The first-order chi connectivity index (χ1) is 15.1. The number of carbonyl (C=O) groups is 2. The van der Waals surface area contributed by atoms with Gasteiger partial charge in [0, 0.05) is 26.2 Å². The number of amides is 1. The second-order valence-corrected chi connectivity index (χ2v) is 7.09. The van der Waals surface area contributed by atoms with E-state index in [1.165, 1.54) is 19.2 Å². The third-order valence-electron chi connectivity index (χ3n) is 5.19. The highest BCUT2D eigenvalue weighted by Gasteiger charge is 2.26. The Balaban J connectivity index is 1.40. The Morgan fingerprint density at radius 2 is 1.68 bits per heavy atom. The topological polar surface area (TPSA) is 93.5 Å². The van der Waals surface area contributed by atoms with Crippen molar-refractivity contribution >= 4 is 11.9 Å². The number of nitrogens with zero attached hydrogens (tertiary/aromatic N) is 6. The summed E-state index contributed by atoms with van der Waals surface area (Å²) in [7, 11) is 1.29. The van der Waals surface area contributed by atoms with Gasteiger partial charge in [-0.15, -0.1) is 5.10 Å². The van der Waals surface area contributed by atoms with E-state index in [2.05, 4.69) is 20.4 Å². The molecule has 2 heterocycles. The van der Waals surface area contributed by atoms with Crippen LogP contribution in [-0.2, 0) is 11.3 Å². The number of rotatable bonds is 5. The molecule has 4 rings (SSSR count). The zero-order valence-corrected chi connectivity index (χ0v) is 16.9. The summed E-state index contributed by atoms with van der Waals surface area (Å²) in [5.74, 6) is -0.428. The lowest BCUT2D eigenvalue weighted by molar-refractivity contribution is 0.0569. The minimum absolute atomic E-state index is 0.197. The average molecular weight is 424 g/mol. The number of methoxy groups -OCH3 is 1. The van der Waals surface area contributed by atoms with Gasteiger partial charge in [0.05, 0.1) is 30.5 Å². The largest absolute Gasteiger partial charge is 0.465 e. The molecule has 1 aromatic heterocycles. The van der Waals surface area contributed by atoms with E-state index in [0.29, 0.717) is 49.8 Å². The van der Waals surface area contributed by atoms with Crippen LogP contribution in [0.5, 0.6) is 0 Å². The molecule has 0 saturated carbocycles. The lowest BCUT2D eigenvalue weighted by Crippen LogP contribution is -2.48. The molecule has 1 fully saturated rings. The fourth-order valence-corrected chi connectivity index (χ4v) is 3.52. The smallest absolute Gasteiger partial charge is 0.338 e. The molecule has 10 heteroatoms. The van der Waals surface area contributed by atoms with Gasteiger partial charge in [-0.05, 0) is 46.8 Å². The van der Waals surface area contributed by atoms with Crippen LogP contribution in [0.1, 0.15) is 26.5 Å². The standard InChI is InChI=1S/C21H21FN6O3/c1-31-21(30)18-5-3-2-4-17(18)20(29)27-12-10-26(11-13-27)14-19-23-24-25-28(19)16-8-6-15(22)7-9-16/h2-9H,10-14H2,1H3. The Morgan fingerprint density at radius 3 is 2.35 bits per heavy atom. The molecule has 0 spiro atoms. The van der Waals surface area contributed by atoms with Crippen LogP contribution in [0.15, 0.2) is 48.5 Å². The molecule has 0 atom stereocenters. The number of piperazine rings is 1. The quantitative estimate of drug-likeness (QED) is 0.574. The lowest BCUT2D eigenvalue weighted by atomic mass is 10.1.